The van der Waals surface area contributed by atoms with Crippen LogP contribution in [-0.2, 0) is 0 Å². The topological polar surface area (TPSA) is 29.3 Å². The van der Waals surface area contributed by atoms with Crippen LogP contribution in [-0.4, -0.2) is 30.1 Å². The summed E-state index contributed by atoms with van der Waals surface area (Å²) in [5.74, 6) is 0. The molecule has 0 spiro atoms. The van der Waals surface area contributed by atoms with Gasteiger partial charge < -0.3 is 10.6 Å². The van der Waals surface area contributed by atoms with Gasteiger partial charge in [-0.1, -0.05) is 27.2 Å². The quantitative estimate of drug-likeness (QED) is 0.652. The van der Waals surface area contributed by atoms with E-state index in [1.54, 1.807) is 0 Å². The van der Waals surface area contributed by atoms with Crippen LogP contribution in [0.5, 0.6) is 0 Å². The van der Waals surface area contributed by atoms with Crippen LogP contribution in [0, 0.1) is 0 Å². The standard InChI is InChI=1S/C12H28N2/c1-5-12(14(6-2)7-3)10-8-9-11(4)13/h11-12H,5-10,13H2,1-4H3. The summed E-state index contributed by atoms with van der Waals surface area (Å²) in [6, 6.07) is 1.13. The second kappa shape index (κ2) is 8.25. The zero-order valence-electron chi connectivity index (χ0n) is 10.4. The molecule has 0 aliphatic rings. The lowest BCUT2D eigenvalue weighted by Crippen LogP contribution is -2.34. The van der Waals surface area contributed by atoms with Gasteiger partial charge in [-0.2, -0.15) is 0 Å². The van der Waals surface area contributed by atoms with E-state index in [0.29, 0.717) is 6.04 Å². The predicted molar refractivity (Wildman–Crippen MR) is 64.5 cm³/mol. The molecule has 0 rings (SSSR count). The van der Waals surface area contributed by atoms with Crippen LogP contribution in [0.15, 0.2) is 0 Å². The van der Waals surface area contributed by atoms with Crippen molar-refractivity contribution in [2.24, 2.45) is 5.73 Å². The Morgan fingerprint density at radius 1 is 1.07 bits per heavy atom. The molecule has 2 heteroatoms. The first-order valence-corrected chi connectivity index (χ1v) is 6.15. The first-order chi connectivity index (χ1) is 6.65. The molecule has 0 fully saturated rings. The van der Waals surface area contributed by atoms with E-state index in [1.807, 2.05) is 0 Å². The molecule has 0 saturated carbocycles. The van der Waals surface area contributed by atoms with E-state index < -0.39 is 0 Å². The third kappa shape index (κ3) is 5.61. The lowest BCUT2D eigenvalue weighted by atomic mass is 10.0. The molecular weight excluding hydrogens is 172 g/mol. The molecule has 0 aliphatic heterocycles. The average molecular weight is 200 g/mol. The highest BCUT2D eigenvalue weighted by molar-refractivity contribution is 4.69. The van der Waals surface area contributed by atoms with Gasteiger partial charge in [0.15, 0.2) is 0 Å². The highest BCUT2D eigenvalue weighted by Gasteiger charge is 2.12. The smallest absolute Gasteiger partial charge is 0.00924 e. The maximum absolute atomic E-state index is 5.75. The van der Waals surface area contributed by atoms with Gasteiger partial charge in [-0.05, 0) is 39.3 Å². The Morgan fingerprint density at radius 2 is 1.64 bits per heavy atom. The fraction of sp³-hybridized carbons (Fsp3) is 1.00. The Morgan fingerprint density at radius 3 is 2.00 bits per heavy atom. The molecule has 2 atom stereocenters. The Hall–Kier alpha value is -0.0800. The molecule has 0 bridgehead atoms. The minimum atomic E-state index is 0.365. The number of rotatable bonds is 8. The largest absolute Gasteiger partial charge is 0.328 e. The van der Waals surface area contributed by atoms with Crippen molar-refractivity contribution >= 4 is 0 Å². The minimum Gasteiger partial charge on any atom is -0.328 e. The zero-order chi connectivity index (χ0) is 11.0. The highest BCUT2D eigenvalue weighted by atomic mass is 15.1. The summed E-state index contributed by atoms with van der Waals surface area (Å²) >= 11 is 0. The van der Waals surface area contributed by atoms with Crippen molar-refractivity contribution in [3.63, 3.8) is 0 Å². The van der Waals surface area contributed by atoms with Crippen LogP contribution < -0.4 is 5.73 Å². The fourth-order valence-electron chi connectivity index (χ4n) is 2.06. The Kier molecular flexibility index (Phi) is 8.20. The Bertz CT molecular complexity index is 119. The molecule has 0 aromatic heterocycles. The predicted octanol–water partition coefficient (Wildman–Crippen LogP) is 2.62. The summed E-state index contributed by atoms with van der Waals surface area (Å²) in [5, 5.41) is 0. The maximum atomic E-state index is 5.75. The molecule has 0 saturated heterocycles. The third-order valence-corrected chi connectivity index (χ3v) is 3.00. The van der Waals surface area contributed by atoms with Crippen molar-refractivity contribution in [3.05, 3.63) is 0 Å². The fourth-order valence-corrected chi connectivity index (χ4v) is 2.06. The number of hydrogen-bond donors (Lipinski definition) is 1. The average Bonchev–Trinajstić information content (AvgIpc) is 2.16. The van der Waals surface area contributed by atoms with Crippen molar-refractivity contribution in [1.29, 1.82) is 0 Å². The van der Waals surface area contributed by atoms with E-state index in [-0.39, 0.29) is 0 Å². The van der Waals surface area contributed by atoms with Crippen LogP contribution in [0.25, 0.3) is 0 Å². The highest BCUT2D eigenvalue weighted by Crippen LogP contribution is 2.12. The van der Waals surface area contributed by atoms with Crippen molar-refractivity contribution in [2.75, 3.05) is 13.1 Å². The molecule has 0 aromatic rings. The molecule has 14 heavy (non-hydrogen) atoms. The van der Waals surface area contributed by atoms with E-state index in [4.69, 9.17) is 5.73 Å². The Balaban J connectivity index is 3.77. The SMILES string of the molecule is CCC(CCCC(C)N)N(CC)CC. The molecule has 0 heterocycles. The first kappa shape index (κ1) is 13.9. The molecule has 0 aromatic carbocycles. The second-order valence-corrected chi connectivity index (χ2v) is 4.19. The van der Waals surface area contributed by atoms with Gasteiger partial charge in [-0.25, -0.2) is 0 Å². The van der Waals surface area contributed by atoms with Gasteiger partial charge >= 0.3 is 0 Å². The van der Waals surface area contributed by atoms with Gasteiger partial charge in [0, 0.05) is 12.1 Å². The van der Waals surface area contributed by atoms with E-state index in [1.165, 1.54) is 32.4 Å². The van der Waals surface area contributed by atoms with E-state index >= 15 is 0 Å². The molecule has 0 radical (unpaired) electrons. The summed E-state index contributed by atoms with van der Waals surface area (Å²) in [5.41, 5.74) is 5.75. The normalized spacial score (nSPS) is 15.9. The van der Waals surface area contributed by atoms with Gasteiger partial charge in [0.25, 0.3) is 0 Å². The summed E-state index contributed by atoms with van der Waals surface area (Å²) in [4.78, 5) is 2.56. The first-order valence-electron chi connectivity index (χ1n) is 6.15. The molecular formula is C12H28N2. The van der Waals surface area contributed by atoms with Gasteiger partial charge in [0.2, 0.25) is 0 Å². The number of hydrogen-bond acceptors (Lipinski definition) is 2. The van der Waals surface area contributed by atoms with Crippen LogP contribution in [0.2, 0.25) is 0 Å². The Labute approximate surface area is 89.9 Å². The maximum Gasteiger partial charge on any atom is 0.00924 e. The lowest BCUT2D eigenvalue weighted by Gasteiger charge is -2.28. The lowest BCUT2D eigenvalue weighted by molar-refractivity contribution is 0.196. The van der Waals surface area contributed by atoms with Gasteiger partial charge in [0.05, 0.1) is 0 Å². The van der Waals surface area contributed by atoms with Gasteiger partial charge in [0.1, 0.15) is 0 Å². The molecule has 0 aliphatic carbocycles. The molecule has 0 amide bonds. The number of nitrogens with two attached hydrogens (primary N) is 1. The second-order valence-electron chi connectivity index (χ2n) is 4.19. The van der Waals surface area contributed by atoms with Gasteiger partial charge in [-0.15, -0.1) is 0 Å². The van der Waals surface area contributed by atoms with E-state index in [2.05, 4.69) is 32.6 Å². The summed E-state index contributed by atoms with van der Waals surface area (Å²) in [7, 11) is 0. The van der Waals surface area contributed by atoms with E-state index in [0.717, 1.165) is 12.5 Å². The van der Waals surface area contributed by atoms with Crippen LogP contribution >= 0.6 is 0 Å². The van der Waals surface area contributed by atoms with Crippen LogP contribution in [0.3, 0.4) is 0 Å². The monoisotopic (exact) mass is 200 g/mol. The van der Waals surface area contributed by atoms with Gasteiger partial charge in [-0.3, -0.25) is 0 Å². The molecule has 2 nitrogen and oxygen atoms in total. The molecule has 2 N–H and O–H groups in total. The third-order valence-electron chi connectivity index (χ3n) is 3.00. The number of nitrogens with zero attached hydrogens (tertiary/aromatic N) is 1. The minimum absolute atomic E-state index is 0.365. The summed E-state index contributed by atoms with van der Waals surface area (Å²) in [6.45, 7) is 11.2. The zero-order valence-corrected chi connectivity index (χ0v) is 10.4. The van der Waals surface area contributed by atoms with Crippen molar-refractivity contribution < 1.29 is 0 Å². The van der Waals surface area contributed by atoms with Crippen molar-refractivity contribution in [2.45, 2.75) is 65.5 Å². The van der Waals surface area contributed by atoms with E-state index in [9.17, 15) is 0 Å². The summed E-state index contributed by atoms with van der Waals surface area (Å²) < 4.78 is 0. The molecule has 2 unspecified atom stereocenters. The van der Waals surface area contributed by atoms with Crippen molar-refractivity contribution in [1.82, 2.24) is 4.90 Å². The molecule has 86 valence electrons. The van der Waals surface area contributed by atoms with Crippen molar-refractivity contribution in [3.8, 4) is 0 Å². The van der Waals surface area contributed by atoms with Crippen LogP contribution in [0.1, 0.15) is 53.4 Å². The summed E-state index contributed by atoms with van der Waals surface area (Å²) in [6.07, 6.45) is 5.00. The van der Waals surface area contributed by atoms with Crippen LogP contribution in [0.4, 0.5) is 0 Å².